The van der Waals surface area contributed by atoms with Crippen LogP contribution >= 0.6 is 0 Å². The van der Waals surface area contributed by atoms with E-state index in [1.807, 2.05) is 30.3 Å². The minimum Gasteiger partial charge on any atom is -0.491 e. The third-order valence-electron chi connectivity index (χ3n) is 2.50. The lowest BCUT2D eigenvalue weighted by molar-refractivity contribution is 0.0516. The van der Waals surface area contributed by atoms with E-state index in [0.29, 0.717) is 6.61 Å². The number of ether oxygens (including phenoxy) is 2. The number of rotatable bonds is 7. The van der Waals surface area contributed by atoms with Crippen molar-refractivity contribution in [1.82, 2.24) is 0 Å². The molecular weight excluding hydrogens is 200 g/mol. The molecule has 0 bridgehead atoms. The second-order valence-corrected chi connectivity index (χ2v) is 3.73. The normalized spacial score (nSPS) is 12.1. The molecule has 0 fully saturated rings. The maximum Gasteiger partial charge on any atom is 0.119 e. The summed E-state index contributed by atoms with van der Waals surface area (Å²) in [6.45, 7) is 6.46. The number of hydrogen-bond donors (Lipinski definition) is 0. The molecule has 1 aromatic rings. The van der Waals surface area contributed by atoms with Crippen LogP contribution in [0.1, 0.15) is 25.3 Å². The van der Waals surface area contributed by atoms with Crippen molar-refractivity contribution < 1.29 is 9.47 Å². The summed E-state index contributed by atoms with van der Waals surface area (Å²) in [5.41, 5.74) is 1.10. The lowest BCUT2D eigenvalue weighted by Crippen LogP contribution is -2.19. The first kappa shape index (κ1) is 12.8. The van der Waals surface area contributed by atoms with E-state index in [-0.39, 0.29) is 6.10 Å². The molecule has 0 amide bonds. The Morgan fingerprint density at radius 1 is 1.31 bits per heavy atom. The Bertz CT molecular complexity index is 303. The van der Waals surface area contributed by atoms with Gasteiger partial charge in [-0.3, -0.25) is 0 Å². The highest BCUT2D eigenvalue weighted by Gasteiger charge is 2.06. The van der Waals surface area contributed by atoms with E-state index < -0.39 is 0 Å². The maximum absolute atomic E-state index is 5.65. The molecule has 0 aliphatic heterocycles. The van der Waals surface area contributed by atoms with Gasteiger partial charge in [0.1, 0.15) is 12.4 Å². The molecule has 16 heavy (non-hydrogen) atoms. The van der Waals surface area contributed by atoms with Crippen molar-refractivity contribution in [2.45, 2.75) is 25.9 Å². The van der Waals surface area contributed by atoms with Crippen molar-refractivity contribution >= 4 is 6.08 Å². The van der Waals surface area contributed by atoms with E-state index >= 15 is 0 Å². The van der Waals surface area contributed by atoms with Gasteiger partial charge in [0, 0.05) is 7.11 Å². The van der Waals surface area contributed by atoms with Crippen LogP contribution in [0.2, 0.25) is 0 Å². The van der Waals surface area contributed by atoms with Crippen LogP contribution in [0.25, 0.3) is 6.08 Å². The van der Waals surface area contributed by atoms with E-state index in [1.54, 1.807) is 7.11 Å². The molecule has 0 N–H and O–H groups in total. The highest BCUT2D eigenvalue weighted by Crippen LogP contribution is 2.14. The van der Waals surface area contributed by atoms with Gasteiger partial charge in [-0.2, -0.15) is 0 Å². The van der Waals surface area contributed by atoms with Gasteiger partial charge in [0.15, 0.2) is 0 Å². The summed E-state index contributed by atoms with van der Waals surface area (Å²) >= 11 is 0. The summed E-state index contributed by atoms with van der Waals surface area (Å²) < 4.78 is 11.0. The fraction of sp³-hybridized carbons (Fsp3) is 0.429. The number of hydrogen-bond acceptors (Lipinski definition) is 2. The smallest absolute Gasteiger partial charge is 0.119 e. The second kappa shape index (κ2) is 7.07. The van der Waals surface area contributed by atoms with Crippen LogP contribution in [0.15, 0.2) is 30.8 Å². The Kier molecular flexibility index (Phi) is 5.65. The second-order valence-electron chi connectivity index (χ2n) is 3.73. The van der Waals surface area contributed by atoms with Gasteiger partial charge >= 0.3 is 0 Å². The standard InChI is InChI=1S/C14H20O2/c1-4-6-14(15-3)11-16-13-9-7-12(5-2)8-10-13/h5,7-10,14H,2,4,6,11H2,1,3H3. The van der Waals surface area contributed by atoms with Crippen LogP contribution in [-0.4, -0.2) is 19.8 Å². The Morgan fingerprint density at radius 3 is 2.50 bits per heavy atom. The van der Waals surface area contributed by atoms with Crippen molar-refractivity contribution in [3.05, 3.63) is 36.4 Å². The van der Waals surface area contributed by atoms with Crippen molar-refractivity contribution in [2.24, 2.45) is 0 Å². The fourth-order valence-corrected chi connectivity index (χ4v) is 1.48. The van der Waals surface area contributed by atoms with E-state index in [2.05, 4.69) is 13.5 Å². The van der Waals surface area contributed by atoms with Gasteiger partial charge in [-0.15, -0.1) is 0 Å². The fourth-order valence-electron chi connectivity index (χ4n) is 1.48. The van der Waals surface area contributed by atoms with Gasteiger partial charge in [-0.05, 0) is 24.1 Å². The molecule has 0 aliphatic rings. The molecule has 2 nitrogen and oxygen atoms in total. The molecule has 0 aliphatic carbocycles. The highest BCUT2D eigenvalue weighted by atomic mass is 16.5. The molecule has 88 valence electrons. The number of benzene rings is 1. The van der Waals surface area contributed by atoms with Crippen LogP contribution < -0.4 is 4.74 Å². The molecule has 0 saturated heterocycles. The van der Waals surface area contributed by atoms with Gasteiger partial charge < -0.3 is 9.47 Å². The van der Waals surface area contributed by atoms with Crippen LogP contribution in [-0.2, 0) is 4.74 Å². The molecule has 0 heterocycles. The van der Waals surface area contributed by atoms with E-state index in [9.17, 15) is 0 Å². The number of methoxy groups -OCH3 is 1. The summed E-state index contributed by atoms with van der Waals surface area (Å²) in [5, 5.41) is 0. The maximum atomic E-state index is 5.65. The van der Waals surface area contributed by atoms with Gasteiger partial charge in [0.05, 0.1) is 6.10 Å². The highest BCUT2D eigenvalue weighted by molar-refractivity contribution is 5.48. The molecule has 1 unspecified atom stereocenters. The van der Waals surface area contributed by atoms with E-state index in [4.69, 9.17) is 9.47 Å². The molecule has 1 aromatic carbocycles. The van der Waals surface area contributed by atoms with Crippen LogP contribution in [0, 0.1) is 0 Å². The zero-order chi connectivity index (χ0) is 11.8. The summed E-state index contributed by atoms with van der Waals surface area (Å²) in [5.74, 6) is 0.878. The van der Waals surface area contributed by atoms with Crippen LogP contribution in [0.5, 0.6) is 5.75 Å². The predicted molar refractivity (Wildman–Crippen MR) is 67.7 cm³/mol. The molecular formula is C14H20O2. The molecule has 0 spiro atoms. The SMILES string of the molecule is C=Cc1ccc(OCC(CCC)OC)cc1. The summed E-state index contributed by atoms with van der Waals surface area (Å²) in [6.07, 6.45) is 4.14. The Morgan fingerprint density at radius 2 is 2.00 bits per heavy atom. The summed E-state index contributed by atoms with van der Waals surface area (Å²) in [6, 6.07) is 7.89. The Balaban J connectivity index is 2.43. The lowest BCUT2D eigenvalue weighted by Gasteiger charge is -2.15. The first-order valence-electron chi connectivity index (χ1n) is 5.68. The van der Waals surface area contributed by atoms with Crippen molar-refractivity contribution in [2.75, 3.05) is 13.7 Å². The summed E-state index contributed by atoms with van der Waals surface area (Å²) in [7, 11) is 1.73. The average Bonchev–Trinajstić information content (AvgIpc) is 2.35. The molecule has 1 atom stereocenters. The molecule has 2 heteroatoms. The first-order valence-corrected chi connectivity index (χ1v) is 5.68. The minimum atomic E-state index is 0.184. The Labute approximate surface area is 97.9 Å². The molecule has 0 saturated carbocycles. The van der Waals surface area contributed by atoms with Crippen molar-refractivity contribution in [1.29, 1.82) is 0 Å². The van der Waals surface area contributed by atoms with E-state index in [1.165, 1.54) is 0 Å². The lowest BCUT2D eigenvalue weighted by atomic mass is 10.2. The average molecular weight is 220 g/mol. The quantitative estimate of drug-likeness (QED) is 0.700. The third-order valence-corrected chi connectivity index (χ3v) is 2.50. The van der Waals surface area contributed by atoms with Crippen molar-refractivity contribution in [3.63, 3.8) is 0 Å². The molecule has 0 aromatic heterocycles. The third kappa shape index (κ3) is 4.07. The molecule has 0 radical (unpaired) electrons. The topological polar surface area (TPSA) is 18.5 Å². The zero-order valence-corrected chi connectivity index (χ0v) is 10.1. The largest absolute Gasteiger partial charge is 0.491 e. The van der Waals surface area contributed by atoms with Gasteiger partial charge in [0.2, 0.25) is 0 Å². The van der Waals surface area contributed by atoms with Crippen molar-refractivity contribution in [3.8, 4) is 5.75 Å². The zero-order valence-electron chi connectivity index (χ0n) is 10.1. The summed E-state index contributed by atoms with van der Waals surface area (Å²) in [4.78, 5) is 0. The van der Waals surface area contributed by atoms with E-state index in [0.717, 1.165) is 24.2 Å². The van der Waals surface area contributed by atoms with Gasteiger partial charge in [-0.1, -0.05) is 38.1 Å². The van der Waals surface area contributed by atoms with Gasteiger partial charge in [0.25, 0.3) is 0 Å². The van der Waals surface area contributed by atoms with Crippen LogP contribution in [0.3, 0.4) is 0 Å². The Hall–Kier alpha value is -1.28. The minimum absolute atomic E-state index is 0.184. The predicted octanol–water partition coefficient (Wildman–Crippen LogP) is 3.52. The van der Waals surface area contributed by atoms with Crippen LogP contribution in [0.4, 0.5) is 0 Å². The molecule has 1 rings (SSSR count). The van der Waals surface area contributed by atoms with Gasteiger partial charge in [-0.25, -0.2) is 0 Å². The monoisotopic (exact) mass is 220 g/mol. The first-order chi connectivity index (χ1) is 7.80.